The topological polar surface area (TPSA) is 87.1 Å². The van der Waals surface area contributed by atoms with Crippen molar-refractivity contribution in [2.75, 3.05) is 6.54 Å². The minimum absolute atomic E-state index is 0.00914. The second kappa shape index (κ2) is 5.84. The lowest BCUT2D eigenvalue weighted by Crippen LogP contribution is -2.45. The largest absolute Gasteiger partial charge is 0.573 e. The molecule has 0 spiro atoms. The van der Waals surface area contributed by atoms with Gasteiger partial charge in [0.05, 0.1) is 6.10 Å². The lowest BCUT2D eigenvalue weighted by molar-refractivity contribution is -0.274. The lowest BCUT2D eigenvalue weighted by Gasteiger charge is -2.22. The van der Waals surface area contributed by atoms with E-state index < -0.39 is 36.1 Å². The van der Waals surface area contributed by atoms with Crippen molar-refractivity contribution >= 4 is 11.9 Å². The quantitative estimate of drug-likeness (QED) is 0.875. The van der Waals surface area contributed by atoms with Crippen LogP contribution in [0.5, 0.6) is 5.75 Å². The number of aliphatic carboxylic acids is 1. The molecule has 1 heterocycles. The minimum atomic E-state index is -4.83. The van der Waals surface area contributed by atoms with Gasteiger partial charge >= 0.3 is 12.3 Å². The van der Waals surface area contributed by atoms with Gasteiger partial charge in [-0.05, 0) is 30.7 Å². The summed E-state index contributed by atoms with van der Waals surface area (Å²) in [5, 5.41) is 18.6. The number of carbonyl (C=O) groups is 2. The van der Waals surface area contributed by atoms with Crippen molar-refractivity contribution in [2.45, 2.75) is 24.9 Å². The molecule has 6 nitrogen and oxygen atoms in total. The molecule has 2 rings (SSSR count). The number of nitrogens with zero attached hydrogens (tertiary/aromatic N) is 1. The average Bonchev–Trinajstić information content (AvgIpc) is 2.79. The molecule has 1 aromatic rings. The van der Waals surface area contributed by atoms with Gasteiger partial charge in [-0.2, -0.15) is 0 Å². The molecule has 1 fully saturated rings. The van der Waals surface area contributed by atoms with Gasteiger partial charge in [0.25, 0.3) is 5.91 Å². The highest BCUT2D eigenvalue weighted by molar-refractivity contribution is 5.97. The van der Waals surface area contributed by atoms with E-state index in [0.717, 1.165) is 29.2 Å². The molecule has 120 valence electrons. The molecular formula is C13H12F3NO5. The molecule has 1 aliphatic heterocycles. The number of ether oxygens (including phenoxy) is 1. The second-order valence-electron chi connectivity index (χ2n) is 4.71. The highest BCUT2D eigenvalue weighted by Crippen LogP contribution is 2.25. The van der Waals surface area contributed by atoms with E-state index >= 15 is 0 Å². The first kappa shape index (κ1) is 16.1. The monoisotopic (exact) mass is 319 g/mol. The molecule has 0 unspecified atom stereocenters. The number of likely N-dealkylation sites (tertiary alicyclic amines) is 1. The number of carbonyl (C=O) groups excluding carboxylic acids is 1. The van der Waals surface area contributed by atoms with Crippen molar-refractivity contribution in [2.24, 2.45) is 0 Å². The van der Waals surface area contributed by atoms with Crippen LogP contribution in [0.2, 0.25) is 0 Å². The third kappa shape index (κ3) is 3.48. The van der Waals surface area contributed by atoms with Crippen LogP contribution in [0.25, 0.3) is 0 Å². The summed E-state index contributed by atoms with van der Waals surface area (Å²) in [5.74, 6) is -2.50. The summed E-state index contributed by atoms with van der Waals surface area (Å²) in [6, 6.07) is 2.77. The average molecular weight is 319 g/mol. The van der Waals surface area contributed by atoms with Gasteiger partial charge in [-0.15, -0.1) is 13.2 Å². The zero-order valence-electron chi connectivity index (χ0n) is 11.1. The molecule has 1 aromatic carbocycles. The normalized spacial score (nSPS) is 21.7. The molecule has 22 heavy (non-hydrogen) atoms. The van der Waals surface area contributed by atoms with Crippen molar-refractivity contribution in [1.29, 1.82) is 0 Å². The first-order chi connectivity index (χ1) is 10.2. The Morgan fingerprint density at radius 1 is 1.23 bits per heavy atom. The van der Waals surface area contributed by atoms with Crippen molar-refractivity contribution < 1.29 is 37.7 Å². The predicted molar refractivity (Wildman–Crippen MR) is 66.2 cm³/mol. The number of alkyl halides is 3. The van der Waals surface area contributed by atoms with Crippen LogP contribution >= 0.6 is 0 Å². The smallest absolute Gasteiger partial charge is 0.480 e. The number of amides is 1. The molecule has 0 bridgehead atoms. The fraction of sp³-hybridized carbons (Fsp3) is 0.385. The highest BCUT2D eigenvalue weighted by atomic mass is 19.4. The third-order valence-electron chi connectivity index (χ3n) is 3.21. The first-order valence-electron chi connectivity index (χ1n) is 6.26. The van der Waals surface area contributed by atoms with E-state index in [1.807, 2.05) is 0 Å². The Hall–Kier alpha value is -2.29. The Labute approximate surface area is 122 Å². The van der Waals surface area contributed by atoms with Crippen molar-refractivity contribution in [3.05, 3.63) is 29.8 Å². The lowest BCUT2D eigenvalue weighted by atomic mass is 10.1. The standard InChI is InChI=1S/C13H12F3NO5/c14-13(15,16)22-8-3-1-7(2-4-8)11(19)17-6-5-9(18)10(17)12(20)21/h1-4,9-10,18H,5-6H2,(H,20,21)/t9-,10-/m1/s1. The minimum Gasteiger partial charge on any atom is -0.480 e. The Bertz CT molecular complexity index is 572. The SMILES string of the molecule is O=C(O)[C@H]1[C@H](O)CCN1C(=O)c1ccc(OC(F)(F)F)cc1. The fourth-order valence-electron chi connectivity index (χ4n) is 2.27. The zero-order valence-corrected chi connectivity index (χ0v) is 11.1. The Balaban J connectivity index is 2.14. The van der Waals surface area contributed by atoms with Gasteiger partial charge in [0.15, 0.2) is 6.04 Å². The number of benzene rings is 1. The number of carboxylic acid groups (broad SMARTS) is 1. The summed E-state index contributed by atoms with van der Waals surface area (Å²) in [4.78, 5) is 24.2. The number of aliphatic hydroxyl groups is 1. The van der Waals surface area contributed by atoms with Crippen molar-refractivity contribution in [1.82, 2.24) is 4.90 Å². The van der Waals surface area contributed by atoms with Crippen LogP contribution in [0.15, 0.2) is 24.3 Å². The molecule has 1 aliphatic rings. The molecule has 0 radical (unpaired) electrons. The van der Waals surface area contributed by atoms with Crippen molar-refractivity contribution in [3.63, 3.8) is 0 Å². The summed E-state index contributed by atoms with van der Waals surface area (Å²) in [5.41, 5.74) is 0.00914. The molecule has 0 aliphatic carbocycles. The van der Waals surface area contributed by atoms with E-state index in [1.54, 1.807) is 0 Å². The van der Waals surface area contributed by atoms with E-state index in [9.17, 15) is 27.9 Å². The van der Waals surface area contributed by atoms with Crippen LogP contribution in [-0.2, 0) is 4.79 Å². The Kier molecular flexibility index (Phi) is 4.27. The van der Waals surface area contributed by atoms with Crippen LogP contribution in [0.3, 0.4) is 0 Å². The third-order valence-corrected chi connectivity index (χ3v) is 3.21. The summed E-state index contributed by atoms with van der Waals surface area (Å²) < 4.78 is 39.8. The van der Waals surface area contributed by atoms with Gasteiger partial charge in [0, 0.05) is 12.1 Å². The maximum atomic E-state index is 12.2. The number of carboxylic acids is 1. The van der Waals surface area contributed by atoms with Gasteiger partial charge in [0.1, 0.15) is 5.75 Å². The molecule has 2 N–H and O–H groups in total. The van der Waals surface area contributed by atoms with Crippen LogP contribution in [0.1, 0.15) is 16.8 Å². The van der Waals surface area contributed by atoms with E-state index in [4.69, 9.17) is 5.11 Å². The number of halogens is 3. The van der Waals surface area contributed by atoms with Crippen LogP contribution < -0.4 is 4.74 Å². The van der Waals surface area contributed by atoms with Crippen LogP contribution in [-0.4, -0.2) is 52.0 Å². The van der Waals surface area contributed by atoms with E-state index in [2.05, 4.69) is 4.74 Å². The van der Waals surface area contributed by atoms with E-state index in [0.29, 0.717) is 0 Å². The van der Waals surface area contributed by atoms with E-state index in [1.165, 1.54) is 0 Å². The summed E-state index contributed by atoms with van der Waals surface area (Å²) in [6.45, 7) is 0.0533. The Morgan fingerprint density at radius 2 is 1.82 bits per heavy atom. The van der Waals surface area contributed by atoms with Crippen molar-refractivity contribution in [3.8, 4) is 5.75 Å². The van der Waals surface area contributed by atoms with Gasteiger partial charge in [-0.25, -0.2) is 4.79 Å². The molecule has 1 amide bonds. The summed E-state index contributed by atoms with van der Waals surface area (Å²) in [7, 11) is 0. The van der Waals surface area contributed by atoms with Gasteiger partial charge in [-0.3, -0.25) is 4.79 Å². The van der Waals surface area contributed by atoms with Crippen LogP contribution in [0, 0.1) is 0 Å². The molecule has 0 saturated carbocycles. The molecule has 1 saturated heterocycles. The van der Waals surface area contributed by atoms with Crippen LogP contribution in [0.4, 0.5) is 13.2 Å². The number of hydrogen-bond acceptors (Lipinski definition) is 4. The molecular weight excluding hydrogens is 307 g/mol. The maximum absolute atomic E-state index is 12.2. The number of rotatable bonds is 3. The van der Waals surface area contributed by atoms with Gasteiger partial charge in [-0.1, -0.05) is 0 Å². The maximum Gasteiger partial charge on any atom is 0.573 e. The highest BCUT2D eigenvalue weighted by Gasteiger charge is 2.41. The Morgan fingerprint density at radius 3 is 2.32 bits per heavy atom. The number of aliphatic hydroxyl groups excluding tert-OH is 1. The van der Waals surface area contributed by atoms with Gasteiger partial charge < -0.3 is 19.8 Å². The predicted octanol–water partition coefficient (Wildman–Crippen LogP) is 1.25. The first-order valence-corrected chi connectivity index (χ1v) is 6.26. The zero-order chi connectivity index (χ0) is 16.5. The molecule has 9 heteroatoms. The molecule has 2 atom stereocenters. The summed E-state index contributed by atoms with van der Waals surface area (Å²) >= 11 is 0. The molecule has 0 aromatic heterocycles. The van der Waals surface area contributed by atoms with E-state index in [-0.39, 0.29) is 18.5 Å². The fourth-order valence-corrected chi connectivity index (χ4v) is 2.27. The summed E-state index contributed by atoms with van der Waals surface area (Å²) in [6.07, 6.45) is -5.88. The van der Waals surface area contributed by atoms with Gasteiger partial charge in [0.2, 0.25) is 0 Å². The second-order valence-corrected chi connectivity index (χ2v) is 4.71. The number of hydrogen-bond donors (Lipinski definition) is 2.